The van der Waals surface area contributed by atoms with Gasteiger partial charge in [0.05, 0.1) is 11.2 Å². The number of fused-ring (bicyclic) bond motifs is 1. The molecule has 3 aromatic heterocycles. The zero-order valence-electron chi connectivity index (χ0n) is 23.7. The topological polar surface area (TPSA) is 88.8 Å². The Morgan fingerprint density at radius 1 is 1.10 bits per heavy atom. The number of allylic oxidation sites excluding steroid dienone is 2. The van der Waals surface area contributed by atoms with Crippen molar-refractivity contribution in [2.45, 2.75) is 39.2 Å². The van der Waals surface area contributed by atoms with Crippen molar-refractivity contribution in [3.63, 3.8) is 0 Å². The number of aryl methyl sites for hydroxylation is 1. The van der Waals surface area contributed by atoms with Crippen molar-refractivity contribution in [1.29, 1.82) is 0 Å². The smallest absolute Gasteiger partial charge is 0.159 e. The quantitative estimate of drug-likeness (QED) is 0.249. The van der Waals surface area contributed by atoms with Gasteiger partial charge in [-0.25, -0.2) is 4.98 Å². The van der Waals surface area contributed by atoms with Crippen LogP contribution < -0.4 is 5.32 Å². The predicted molar refractivity (Wildman–Crippen MR) is 163 cm³/mol. The van der Waals surface area contributed by atoms with Crippen molar-refractivity contribution >= 4 is 16.6 Å². The van der Waals surface area contributed by atoms with Gasteiger partial charge < -0.3 is 20.1 Å². The van der Waals surface area contributed by atoms with E-state index in [0.29, 0.717) is 0 Å². The second kappa shape index (κ2) is 11.8. The zero-order chi connectivity index (χ0) is 27.5. The number of aromatic amines is 2. The molecule has 0 radical (unpaired) electrons. The van der Waals surface area contributed by atoms with Crippen molar-refractivity contribution in [2.75, 3.05) is 39.8 Å². The first-order valence-corrected chi connectivity index (χ1v) is 14.6. The molecule has 2 fully saturated rings. The van der Waals surface area contributed by atoms with E-state index in [1.165, 1.54) is 31.2 Å². The first-order valence-electron chi connectivity index (χ1n) is 14.6. The number of rotatable bonds is 9. The number of pyridine rings is 1. The highest BCUT2D eigenvalue weighted by molar-refractivity contribution is 5.94. The molecule has 1 saturated heterocycles. The molecule has 0 unspecified atom stereocenters. The lowest BCUT2D eigenvalue weighted by atomic mass is 10.0. The van der Waals surface area contributed by atoms with Crippen molar-refractivity contribution in [1.82, 2.24) is 40.3 Å². The van der Waals surface area contributed by atoms with Crippen molar-refractivity contribution < 1.29 is 0 Å². The molecule has 1 aliphatic carbocycles. The van der Waals surface area contributed by atoms with Gasteiger partial charge in [-0.15, -0.1) is 0 Å². The van der Waals surface area contributed by atoms with Crippen LogP contribution in [0.3, 0.4) is 0 Å². The predicted octanol–water partition coefficient (Wildman–Crippen LogP) is 5.38. The Hall–Kier alpha value is -3.75. The molecule has 0 bridgehead atoms. The molecule has 4 heterocycles. The van der Waals surface area contributed by atoms with Crippen LogP contribution in [0.1, 0.15) is 42.6 Å². The minimum absolute atomic E-state index is 0.767. The van der Waals surface area contributed by atoms with E-state index in [-0.39, 0.29) is 0 Å². The normalized spacial score (nSPS) is 17.2. The minimum Gasteiger partial charge on any atom is -0.367 e. The molecule has 208 valence electrons. The standard InChI is InChI=1S/C32H40N8/c1-4-7-29(40-14-12-39(3)13-15-40)30-22(2)35-32(36-30)31-27-17-25(10-11-28(27)37-38-31)26-16-24(20-34-21-26)19-33-18-23-8-5-6-9-23/h4,7,10-11,16-17,20-21,23,33H,1,5-6,8-9,12-15,18-19H2,2-3H3,(H,35,36)(H,37,38)/b29-7+. The third-order valence-electron chi connectivity index (χ3n) is 8.40. The van der Waals surface area contributed by atoms with Crippen LogP contribution in [-0.4, -0.2) is 74.7 Å². The van der Waals surface area contributed by atoms with Crippen LogP contribution in [0.5, 0.6) is 0 Å². The molecule has 8 heteroatoms. The number of nitrogens with zero attached hydrogens (tertiary/aromatic N) is 5. The van der Waals surface area contributed by atoms with E-state index in [1.807, 2.05) is 18.5 Å². The number of hydrogen-bond acceptors (Lipinski definition) is 6. The van der Waals surface area contributed by atoms with Gasteiger partial charge in [-0.3, -0.25) is 10.1 Å². The molecular weight excluding hydrogens is 496 g/mol. The molecule has 0 atom stereocenters. The van der Waals surface area contributed by atoms with E-state index in [4.69, 9.17) is 4.98 Å². The Morgan fingerprint density at radius 3 is 2.73 bits per heavy atom. The van der Waals surface area contributed by atoms with Gasteiger partial charge in [-0.1, -0.05) is 31.6 Å². The van der Waals surface area contributed by atoms with Crippen LogP contribution in [0.2, 0.25) is 0 Å². The number of aromatic nitrogens is 5. The molecular formula is C32H40N8. The Kier molecular flexibility index (Phi) is 7.80. The average molecular weight is 537 g/mol. The SMILES string of the molecule is C=C/C=C(\c1nc(-c2n[nH]c3ccc(-c4cncc(CNCC5CCCC5)c4)cc23)[nH]c1C)N1CCN(C)CC1. The van der Waals surface area contributed by atoms with Gasteiger partial charge in [-0.05, 0) is 74.7 Å². The fraction of sp³-hybridized carbons (Fsp3) is 0.406. The molecule has 8 nitrogen and oxygen atoms in total. The summed E-state index contributed by atoms with van der Waals surface area (Å²) >= 11 is 0. The lowest BCUT2D eigenvalue weighted by Gasteiger charge is -2.35. The monoisotopic (exact) mass is 536 g/mol. The summed E-state index contributed by atoms with van der Waals surface area (Å²) in [6.45, 7) is 12.0. The minimum atomic E-state index is 0.767. The number of benzene rings is 1. The van der Waals surface area contributed by atoms with Gasteiger partial charge >= 0.3 is 0 Å². The maximum Gasteiger partial charge on any atom is 0.159 e. The number of nitrogens with one attached hydrogen (secondary N) is 3. The van der Waals surface area contributed by atoms with Crippen molar-refractivity contribution in [2.24, 2.45) is 5.92 Å². The van der Waals surface area contributed by atoms with Gasteiger partial charge in [0.25, 0.3) is 0 Å². The van der Waals surface area contributed by atoms with Crippen LogP contribution in [0.4, 0.5) is 0 Å². The maximum absolute atomic E-state index is 5.07. The van der Waals surface area contributed by atoms with E-state index >= 15 is 0 Å². The van der Waals surface area contributed by atoms with Gasteiger partial charge in [0.15, 0.2) is 5.82 Å². The molecule has 3 N–H and O–H groups in total. The van der Waals surface area contributed by atoms with Crippen LogP contribution in [0.15, 0.2) is 55.4 Å². The summed E-state index contributed by atoms with van der Waals surface area (Å²) in [7, 11) is 2.17. The summed E-state index contributed by atoms with van der Waals surface area (Å²) in [5.74, 6) is 1.59. The molecule has 1 aliphatic heterocycles. The number of H-pyrrole nitrogens is 2. The summed E-state index contributed by atoms with van der Waals surface area (Å²) in [4.78, 5) is 17.9. The summed E-state index contributed by atoms with van der Waals surface area (Å²) < 4.78 is 0. The fourth-order valence-corrected chi connectivity index (χ4v) is 6.07. The number of hydrogen-bond donors (Lipinski definition) is 3. The number of piperazine rings is 1. The maximum atomic E-state index is 5.07. The first-order chi connectivity index (χ1) is 19.6. The largest absolute Gasteiger partial charge is 0.367 e. The van der Waals surface area contributed by atoms with Crippen LogP contribution in [0.25, 0.3) is 39.2 Å². The van der Waals surface area contributed by atoms with Gasteiger partial charge in [-0.2, -0.15) is 5.10 Å². The molecule has 6 rings (SSSR count). The van der Waals surface area contributed by atoms with Crippen LogP contribution in [0, 0.1) is 12.8 Å². The van der Waals surface area contributed by atoms with E-state index in [0.717, 1.165) is 95.8 Å². The Balaban J connectivity index is 1.26. The van der Waals surface area contributed by atoms with E-state index in [1.54, 1.807) is 0 Å². The molecule has 40 heavy (non-hydrogen) atoms. The lowest BCUT2D eigenvalue weighted by Crippen LogP contribution is -2.43. The molecule has 0 amide bonds. The number of imidazole rings is 1. The van der Waals surface area contributed by atoms with Gasteiger partial charge in [0, 0.05) is 61.8 Å². The van der Waals surface area contributed by atoms with Gasteiger partial charge in [0.1, 0.15) is 11.4 Å². The zero-order valence-corrected chi connectivity index (χ0v) is 23.7. The number of likely N-dealkylation sites (N-methyl/N-ethyl adjacent to an activating group) is 1. The molecule has 0 spiro atoms. The van der Waals surface area contributed by atoms with Crippen molar-refractivity contribution in [3.05, 3.63) is 72.3 Å². The van der Waals surface area contributed by atoms with E-state index < -0.39 is 0 Å². The summed E-state index contributed by atoms with van der Waals surface area (Å²) in [5, 5.41) is 12.6. The Bertz CT molecular complexity index is 1500. The summed E-state index contributed by atoms with van der Waals surface area (Å²) in [6, 6.07) is 8.66. The molecule has 1 aromatic carbocycles. The van der Waals surface area contributed by atoms with Gasteiger partial charge in [0.2, 0.25) is 0 Å². The lowest BCUT2D eigenvalue weighted by molar-refractivity contribution is 0.207. The summed E-state index contributed by atoms with van der Waals surface area (Å²) in [5.41, 5.74) is 8.32. The molecule has 2 aliphatic rings. The fourth-order valence-electron chi connectivity index (χ4n) is 6.07. The highest BCUT2D eigenvalue weighted by Crippen LogP contribution is 2.32. The molecule has 4 aromatic rings. The molecule has 1 saturated carbocycles. The van der Waals surface area contributed by atoms with Crippen molar-refractivity contribution in [3.8, 4) is 22.6 Å². The second-order valence-corrected chi connectivity index (χ2v) is 11.3. The first kappa shape index (κ1) is 26.5. The highest BCUT2D eigenvalue weighted by atomic mass is 15.3. The van der Waals surface area contributed by atoms with E-state index in [2.05, 4.69) is 86.2 Å². The average Bonchev–Trinajstić information content (AvgIpc) is 3.72. The van der Waals surface area contributed by atoms with Crippen LogP contribution >= 0.6 is 0 Å². The highest BCUT2D eigenvalue weighted by Gasteiger charge is 2.23. The van der Waals surface area contributed by atoms with E-state index in [9.17, 15) is 0 Å². The third-order valence-corrected chi connectivity index (χ3v) is 8.40. The van der Waals surface area contributed by atoms with Crippen LogP contribution in [-0.2, 0) is 6.54 Å². The summed E-state index contributed by atoms with van der Waals surface area (Å²) in [6.07, 6.45) is 13.3. The Morgan fingerprint density at radius 2 is 1.93 bits per heavy atom. The Labute approximate surface area is 236 Å². The second-order valence-electron chi connectivity index (χ2n) is 11.3. The third kappa shape index (κ3) is 5.60.